The van der Waals surface area contributed by atoms with Gasteiger partial charge in [-0.05, 0) is 12.8 Å². The van der Waals surface area contributed by atoms with Gasteiger partial charge in [0.1, 0.15) is 5.69 Å². The van der Waals surface area contributed by atoms with Crippen molar-refractivity contribution in [1.82, 2.24) is 15.0 Å². The minimum atomic E-state index is -0.833. The summed E-state index contributed by atoms with van der Waals surface area (Å²) in [6.45, 7) is -0.186. The summed E-state index contributed by atoms with van der Waals surface area (Å²) in [6, 6.07) is 0. The summed E-state index contributed by atoms with van der Waals surface area (Å²) in [5.74, 6) is 0.363. The monoisotopic (exact) mass is 255 g/mol. The van der Waals surface area contributed by atoms with Crippen LogP contribution in [0.25, 0.3) is 0 Å². The van der Waals surface area contributed by atoms with Crippen LogP contribution in [0.3, 0.4) is 0 Å². The Kier molecular flexibility index (Phi) is 4.68. The molecule has 0 aromatic carbocycles. The average molecular weight is 255 g/mol. The molecule has 0 radical (unpaired) electrons. The smallest absolute Gasteiger partial charge is 0.112 e. The molecule has 1 fully saturated rings. The van der Waals surface area contributed by atoms with Crippen molar-refractivity contribution >= 4 is 0 Å². The highest BCUT2D eigenvalue weighted by atomic mass is 16.3. The topological polar surface area (TPSA) is 91.4 Å². The van der Waals surface area contributed by atoms with Crippen molar-refractivity contribution in [2.24, 2.45) is 0 Å². The van der Waals surface area contributed by atoms with Gasteiger partial charge in [-0.3, -0.25) is 0 Å². The first kappa shape index (κ1) is 13.5. The van der Waals surface area contributed by atoms with E-state index in [4.69, 9.17) is 5.11 Å². The number of aliphatic hydroxyl groups is 3. The van der Waals surface area contributed by atoms with Crippen LogP contribution in [0.2, 0.25) is 0 Å². The lowest BCUT2D eigenvalue weighted by Crippen LogP contribution is -2.23. The van der Waals surface area contributed by atoms with Crippen LogP contribution in [0.4, 0.5) is 0 Å². The Balaban J connectivity index is 2.20. The van der Waals surface area contributed by atoms with E-state index < -0.39 is 6.10 Å². The maximum atomic E-state index is 9.52. The number of aliphatic hydroxyl groups excluding tert-OH is 3. The van der Waals surface area contributed by atoms with Gasteiger partial charge in [-0.2, -0.15) is 0 Å². The van der Waals surface area contributed by atoms with Crippen LogP contribution >= 0.6 is 0 Å². The van der Waals surface area contributed by atoms with Crippen LogP contribution in [0.5, 0.6) is 0 Å². The van der Waals surface area contributed by atoms with Crippen LogP contribution in [0.1, 0.15) is 49.4 Å². The third-order valence-electron chi connectivity index (χ3n) is 3.58. The third kappa shape index (κ3) is 2.88. The highest BCUT2D eigenvalue weighted by molar-refractivity contribution is 5.15. The molecule has 1 saturated carbocycles. The molecule has 0 saturated heterocycles. The first-order valence-corrected chi connectivity index (χ1v) is 6.58. The Morgan fingerprint density at radius 1 is 1.22 bits per heavy atom. The zero-order valence-corrected chi connectivity index (χ0v) is 10.5. The SMILES string of the molecule is OCc1nnn(CC(O)CO)c1C1CCCCC1. The molecule has 18 heavy (non-hydrogen) atoms. The zero-order valence-electron chi connectivity index (χ0n) is 10.5. The molecular formula is C12H21N3O3. The van der Waals surface area contributed by atoms with Crippen LogP contribution in [0, 0.1) is 0 Å². The molecule has 0 bridgehead atoms. The Morgan fingerprint density at radius 2 is 1.94 bits per heavy atom. The highest BCUT2D eigenvalue weighted by Gasteiger charge is 2.24. The Bertz CT molecular complexity index is 375. The average Bonchev–Trinajstić information content (AvgIpc) is 2.82. The van der Waals surface area contributed by atoms with E-state index in [1.165, 1.54) is 19.3 Å². The van der Waals surface area contributed by atoms with E-state index in [2.05, 4.69) is 10.3 Å². The molecule has 1 unspecified atom stereocenters. The molecule has 1 aliphatic rings. The van der Waals surface area contributed by atoms with E-state index in [0.717, 1.165) is 18.5 Å². The predicted octanol–water partition coefficient (Wildman–Crippen LogP) is 0.171. The molecule has 102 valence electrons. The summed E-state index contributed by atoms with van der Waals surface area (Å²) in [5, 5.41) is 35.7. The van der Waals surface area contributed by atoms with Gasteiger partial charge in [-0.1, -0.05) is 24.5 Å². The first-order chi connectivity index (χ1) is 8.76. The van der Waals surface area contributed by atoms with Crippen LogP contribution in [-0.4, -0.2) is 43.0 Å². The van der Waals surface area contributed by atoms with Crippen molar-refractivity contribution in [3.8, 4) is 0 Å². The van der Waals surface area contributed by atoms with Gasteiger partial charge in [-0.25, -0.2) is 4.68 Å². The number of hydrogen-bond donors (Lipinski definition) is 3. The first-order valence-electron chi connectivity index (χ1n) is 6.58. The Hall–Kier alpha value is -0.980. The molecule has 1 aromatic rings. The summed E-state index contributed by atoms with van der Waals surface area (Å²) in [6.07, 6.45) is 4.95. The van der Waals surface area contributed by atoms with Gasteiger partial charge in [0.05, 0.1) is 31.6 Å². The fourth-order valence-electron chi connectivity index (χ4n) is 2.68. The molecule has 1 aliphatic carbocycles. The van der Waals surface area contributed by atoms with Crippen molar-refractivity contribution in [1.29, 1.82) is 0 Å². The molecule has 0 amide bonds. The normalized spacial score (nSPS) is 19.1. The summed E-state index contributed by atoms with van der Waals surface area (Å²) < 4.78 is 1.64. The molecule has 1 atom stereocenters. The maximum absolute atomic E-state index is 9.52. The zero-order chi connectivity index (χ0) is 13.0. The number of nitrogens with zero attached hydrogens (tertiary/aromatic N) is 3. The standard InChI is InChI=1S/C12H21N3O3/c16-7-10(18)6-15-12(11(8-17)13-14-15)9-4-2-1-3-5-9/h9-10,16-18H,1-8H2. The van der Waals surface area contributed by atoms with Crippen molar-refractivity contribution < 1.29 is 15.3 Å². The number of hydrogen-bond acceptors (Lipinski definition) is 5. The fraction of sp³-hybridized carbons (Fsp3) is 0.833. The van der Waals surface area contributed by atoms with Gasteiger partial charge in [0.2, 0.25) is 0 Å². The van der Waals surface area contributed by atoms with Crippen molar-refractivity contribution in [3.63, 3.8) is 0 Å². The van der Waals surface area contributed by atoms with Gasteiger partial charge < -0.3 is 15.3 Å². The van der Waals surface area contributed by atoms with Gasteiger partial charge in [-0.15, -0.1) is 5.10 Å². The minimum absolute atomic E-state index is 0.124. The third-order valence-corrected chi connectivity index (χ3v) is 3.58. The van der Waals surface area contributed by atoms with E-state index in [-0.39, 0.29) is 19.8 Å². The van der Waals surface area contributed by atoms with Crippen molar-refractivity contribution in [2.45, 2.75) is 57.3 Å². The van der Waals surface area contributed by atoms with Crippen molar-refractivity contribution in [3.05, 3.63) is 11.4 Å². The molecule has 0 aliphatic heterocycles. The van der Waals surface area contributed by atoms with Crippen LogP contribution < -0.4 is 0 Å². The minimum Gasteiger partial charge on any atom is -0.394 e. The van der Waals surface area contributed by atoms with Crippen molar-refractivity contribution in [2.75, 3.05) is 6.61 Å². The van der Waals surface area contributed by atoms with E-state index in [1.54, 1.807) is 4.68 Å². The molecule has 1 aromatic heterocycles. The second-order valence-corrected chi connectivity index (χ2v) is 4.93. The molecule has 6 nitrogen and oxygen atoms in total. The van der Waals surface area contributed by atoms with Gasteiger partial charge in [0.15, 0.2) is 0 Å². The quantitative estimate of drug-likeness (QED) is 0.697. The predicted molar refractivity (Wildman–Crippen MR) is 64.9 cm³/mol. The number of rotatable bonds is 5. The van der Waals surface area contributed by atoms with Crippen LogP contribution in [0.15, 0.2) is 0 Å². The van der Waals surface area contributed by atoms with E-state index in [1.807, 2.05) is 0 Å². The summed E-state index contributed by atoms with van der Waals surface area (Å²) in [7, 11) is 0. The van der Waals surface area contributed by atoms with Gasteiger partial charge in [0, 0.05) is 5.92 Å². The molecule has 2 rings (SSSR count). The van der Waals surface area contributed by atoms with E-state index in [0.29, 0.717) is 11.6 Å². The highest BCUT2D eigenvalue weighted by Crippen LogP contribution is 2.33. The Morgan fingerprint density at radius 3 is 2.56 bits per heavy atom. The lowest BCUT2D eigenvalue weighted by Gasteiger charge is -2.23. The molecule has 3 N–H and O–H groups in total. The lowest BCUT2D eigenvalue weighted by atomic mass is 9.86. The van der Waals surface area contributed by atoms with Gasteiger partial charge in [0.25, 0.3) is 0 Å². The molecule has 6 heteroatoms. The summed E-state index contributed by atoms with van der Waals surface area (Å²) in [5.41, 5.74) is 1.54. The molecule has 1 heterocycles. The second kappa shape index (κ2) is 6.26. The molecular weight excluding hydrogens is 234 g/mol. The molecule has 0 spiro atoms. The van der Waals surface area contributed by atoms with Crippen LogP contribution in [-0.2, 0) is 13.2 Å². The Labute approximate surface area is 106 Å². The van der Waals surface area contributed by atoms with E-state index in [9.17, 15) is 10.2 Å². The van der Waals surface area contributed by atoms with Gasteiger partial charge >= 0.3 is 0 Å². The summed E-state index contributed by atoms with van der Waals surface area (Å²) >= 11 is 0. The maximum Gasteiger partial charge on any atom is 0.112 e. The van der Waals surface area contributed by atoms with E-state index >= 15 is 0 Å². The largest absolute Gasteiger partial charge is 0.394 e. The number of aromatic nitrogens is 3. The lowest BCUT2D eigenvalue weighted by molar-refractivity contribution is 0.0765. The fourth-order valence-corrected chi connectivity index (χ4v) is 2.68. The summed E-state index contributed by atoms with van der Waals surface area (Å²) in [4.78, 5) is 0. The second-order valence-electron chi connectivity index (χ2n) is 4.93.